The number of benzene rings is 1. The predicted octanol–water partition coefficient (Wildman–Crippen LogP) is 4.42. The van der Waals surface area contributed by atoms with Gasteiger partial charge in [0.15, 0.2) is 0 Å². The van der Waals surface area contributed by atoms with Crippen LogP contribution < -0.4 is 9.47 Å². The molecule has 0 radical (unpaired) electrons. The van der Waals surface area contributed by atoms with E-state index in [-0.39, 0.29) is 6.61 Å². The van der Waals surface area contributed by atoms with Gasteiger partial charge in [-0.15, -0.1) is 0 Å². The van der Waals surface area contributed by atoms with Crippen molar-refractivity contribution in [1.82, 2.24) is 9.97 Å². The minimum absolute atomic E-state index is 0.289. The number of ether oxygens (including phenoxy) is 2. The van der Waals surface area contributed by atoms with Crippen LogP contribution in [0, 0.1) is 4.78 Å². The SMILES string of the molecule is COc1nccc2c(OCc3cccc([S@](=N)(=O)C(C)(C)C)c3)ccnc12. The first-order chi connectivity index (χ1) is 12.7. The zero-order valence-corrected chi connectivity index (χ0v) is 16.7. The number of methoxy groups -OCH3 is 1. The molecule has 142 valence electrons. The van der Waals surface area contributed by atoms with Gasteiger partial charge in [0.05, 0.1) is 16.8 Å². The van der Waals surface area contributed by atoms with Gasteiger partial charge in [0.1, 0.15) is 17.9 Å². The van der Waals surface area contributed by atoms with Crippen LogP contribution in [-0.2, 0) is 16.3 Å². The van der Waals surface area contributed by atoms with Crippen molar-refractivity contribution in [3.05, 3.63) is 54.4 Å². The van der Waals surface area contributed by atoms with Crippen LogP contribution in [0.5, 0.6) is 11.6 Å². The van der Waals surface area contributed by atoms with Gasteiger partial charge < -0.3 is 9.47 Å². The predicted molar refractivity (Wildman–Crippen MR) is 106 cm³/mol. The molecule has 0 aliphatic rings. The molecule has 0 aliphatic carbocycles. The van der Waals surface area contributed by atoms with Crippen LogP contribution in [0.15, 0.2) is 53.7 Å². The largest absolute Gasteiger partial charge is 0.488 e. The van der Waals surface area contributed by atoms with E-state index in [4.69, 9.17) is 14.3 Å². The summed E-state index contributed by atoms with van der Waals surface area (Å²) in [5.74, 6) is 1.10. The van der Waals surface area contributed by atoms with Crippen molar-refractivity contribution in [3.63, 3.8) is 0 Å². The third-order valence-electron chi connectivity index (χ3n) is 4.27. The molecule has 1 atom stereocenters. The zero-order chi connectivity index (χ0) is 19.7. The van der Waals surface area contributed by atoms with Crippen molar-refractivity contribution in [1.29, 1.82) is 4.78 Å². The maximum absolute atomic E-state index is 12.9. The van der Waals surface area contributed by atoms with Gasteiger partial charge >= 0.3 is 0 Å². The average Bonchev–Trinajstić information content (AvgIpc) is 2.65. The lowest BCUT2D eigenvalue weighted by Crippen LogP contribution is -2.26. The maximum Gasteiger partial charge on any atom is 0.240 e. The number of hydrogen-bond acceptors (Lipinski definition) is 6. The van der Waals surface area contributed by atoms with E-state index < -0.39 is 14.5 Å². The molecule has 0 spiro atoms. The number of nitrogens with one attached hydrogen (secondary N) is 1. The first-order valence-corrected chi connectivity index (χ1v) is 10.1. The summed E-state index contributed by atoms with van der Waals surface area (Å²) in [6.45, 7) is 5.74. The van der Waals surface area contributed by atoms with Crippen LogP contribution in [-0.4, -0.2) is 26.0 Å². The highest BCUT2D eigenvalue weighted by Crippen LogP contribution is 2.30. The van der Waals surface area contributed by atoms with Crippen molar-refractivity contribution in [2.45, 2.75) is 37.0 Å². The summed E-state index contributed by atoms with van der Waals surface area (Å²) >= 11 is 0. The van der Waals surface area contributed by atoms with Gasteiger partial charge in [0.25, 0.3) is 0 Å². The van der Waals surface area contributed by atoms with E-state index in [9.17, 15) is 4.21 Å². The molecule has 6 nitrogen and oxygen atoms in total. The first kappa shape index (κ1) is 19.1. The highest BCUT2D eigenvalue weighted by Gasteiger charge is 2.27. The molecular weight excluding hydrogens is 362 g/mol. The minimum atomic E-state index is -2.92. The average molecular weight is 385 g/mol. The van der Waals surface area contributed by atoms with Crippen molar-refractivity contribution in [2.24, 2.45) is 0 Å². The highest BCUT2D eigenvalue weighted by molar-refractivity contribution is 7.93. The van der Waals surface area contributed by atoms with Crippen molar-refractivity contribution in [2.75, 3.05) is 7.11 Å². The summed E-state index contributed by atoms with van der Waals surface area (Å²) in [6.07, 6.45) is 3.30. The van der Waals surface area contributed by atoms with E-state index in [1.165, 1.54) is 0 Å². The van der Waals surface area contributed by atoms with Gasteiger partial charge in [0, 0.05) is 27.4 Å². The molecule has 2 aromatic heterocycles. The van der Waals surface area contributed by atoms with Crippen molar-refractivity contribution >= 4 is 20.6 Å². The number of hydrogen-bond donors (Lipinski definition) is 1. The summed E-state index contributed by atoms with van der Waals surface area (Å²) in [6, 6.07) is 10.8. The Morgan fingerprint density at radius 1 is 1.11 bits per heavy atom. The molecule has 3 aromatic rings. The van der Waals surface area contributed by atoms with Crippen LogP contribution in [0.3, 0.4) is 0 Å². The normalized spacial score (nSPS) is 13.9. The second-order valence-corrected chi connectivity index (χ2v) is 9.94. The Morgan fingerprint density at radius 3 is 2.56 bits per heavy atom. The number of nitrogens with zero attached hydrogens (tertiary/aromatic N) is 2. The van der Waals surface area contributed by atoms with Crippen LogP contribution in [0.25, 0.3) is 10.9 Å². The quantitative estimate of drug-likeness (QED) is 0.702. The molecule has 7 heteroatoms. The highest BCUT2D eigenvalue weighted by atomic mass is 32.2. The molecule has 0 aliphatic heterocycles. The third-order valence-corrected chi connectivity index (χ3v) is 6.91. The lowest BCUT2D eigenvalue weighted by atomic mass is 10.2. The van der Waals surface area contributed by atoms with E-state index in [2.05, 4.69) is 9.97 Å². The lowest BCUT2D eigenvalue weighted by molar-refractivity contribution is 0.309. The molecular formula is C20H23N3O3S. The van der Waals surface area contributed by atoms with Crippen molar-refractivity contribution in [3.8, 4) is 11.6 Å². The fourth-order valence-corrected chi connectivity index (χ4v) is 3.93. The lowest BCUT2D eigenvalue weighted by Gasteiger charge is -2.23. The zero-order valence-electron chi connectivity index (χ0n) is 15.9. The minimum Gasteiger partial charge on any atom is -0.488 e. The molecule has 0 unspecified atom stereocenters. The van der Waals surface area contributed by atoms with Crippen LogP contribution in [0.1, 0.15) is 26.3 Å². The molecule has 27 heavy (non-hydrogen) atoms. The van der Waals surface area contributed by atoms with Gasteiger partial charge in [-0.3, -0.25) is 4.98 Å². The summed E-state index contributed by atoms with van der Waals surface area (Å²) in [5.41, 5.74) is 1.48. The molecule has 1 aromatic carbocycles. The van der Waals surface area contributed by atoms with Gasteiger partial charge in [0.2, 0.25) is 5.88 Å². The Balaban J connectivity index is 1.89. The van der Waals surface area contributed by atoms with Gasteiger partial charge in [-0.05, 0) is 50.6 Å². The number of aromatic nitrogens is 2. The summed E-state index contributed by atoms with van der Waals surface area (Å²) in [5, 5.41) is 0.805. The molecule has 0 fully saturated rings. The fourth-order valence-electron chi connectivity index (χ4n) is 2.63. The van der Waals surface area contributed by atoms with E-state index in [0.717, 1.165) is 10.9 Å². The van der Waals surface area contributed by atoms with E-state index in [1.54, 1.807) is 37.7 Å². The fraction of sp³-hybridized carbons (Fsp3) is 0.300. The van der Waals surface area contributed by atoms with E-state index in [1.807, 2.05) is 39.0 Å². The maximum atomic E-state index is 12.9. The van der Waals surface area contributed by atoms with Crippen LogP contribution in [0.2, 0.25) is 0 Å². The number of fused-ring (bicyclic) bond motifs is 1. The Morgan fingerprint density at radius 2 is 1.85 bits per heavy atom. The van der Waals surface area contributed by atoms with Gasteiger partial charge in [-0.2, -0.15) is 0 Å². The van der Waals surface area contributed by atoms with Crippen LogP contribution >= 0.6 is 0 Å². The second kappa shape index (κ2) is 7.15. The van der Waals surface area contributed by atoms with E-state index in [0.29, 0.717) is 22.0 Å². The summed E-state index contributed by atoms with van der Waals surface area (Å²) < 4.78 is 31.8. The molecule has 0 amide bonds. The summed E-state index contributed by atoms with van der Waals surface area (Å²) in [4.78, 5) is 8.98. The first-order valence-electron chi connectivity index (χ1n) is 8.52. The summed E-state index contributed by atoms with van der Waals surface area (Å²) in [7, 11) is -1.36. The van der Waals surface area contributed by atoms with E-state index >= 15 is 0 Å². The van der Waals surface area contributed by atoms with Gasteiger partial charge in [-0.1, -0.05) is 12.1 Å². The Labute approximate surface area is 159 Å². The molecule has 0 bridgehead atoms. The molecule has 0 saturated heterocycles. The van der Waals surface area contributed by atoms with Gasteiger partial charge in [-0.25, -0.2) is 14.0 Å². The molecule has 0 saturated carbocycles. The number of pyridine rings is 2. The Kier molecular flexibility index (Phi) is 5.06. The molecule has 3 rings (SSSR count). The third kappa shape index (κ3) is 3.73. The molecule has 2 heterocycles. The van der Waals surface area contributed by atoms with Crippen molar-refractivity contribution < 1.29 is 13.7 Å². The monoisotopic (exact) mass is 385 g/mol. The second-order valence-electron chi connectivity index (χ2n) is 7.13. The standard InChI is InChI=1S/C20H23N3O3S/c1-20(2,3)27(21,24)15-7-5-6-14(12-15)13-26-17-9-11-22-18-16(17)8-10-23-19(18)25-4/h5-12,21H,13H2,1-4H3/t27-/m0/s1. The molecule has 1 N–H and O–H groups in total. The number of rotatable bonds is 5. The van der Waals surface area contributed by atoms with Crippen LogP contribution in [0.4, 0.5) is 0 Å². The Bertz CT molecular complexity index is 1070. The Hall–Kier alpha value is -2.67. The topological polar surface area (TPSA) is 85.2 Å². The smallest absolute Gasteiger partial charge is 0.240 e.